The molecule has 3 nitrogen and oxygen atoms in total. The zero-order valence-corrected chi connectivity index (χ0v) is 13.9. The van der Waals surface area contributed by atoms with Gasteiger partial charge in [-0.2, -0.15) is 0 Å². The number of halogens is 1. The molecule has 1 aromatic carbocycles. The Bertz CT molecular complexity index is 449. The molecular weight excluding hydrogens is 267 g/mol. The monoisotopic (exact) mass is 296 g/mol. The van der Waals surface area contributed by atoms with Gasteiger partial charge in [-0.3, -0.25) is 0 Å². The molecule has 2 N–H and O–H groups in total. The molecule has 1 aromatic rings. The maximum atomic E-state index is 13.9. The van der Waals surface area contributed by atoms with Gasteiger partial charge in [0.2, 0.25) is 0 Å². The molecule has 0 saturated heterocycles. The van der Waals surface area contributed by atoms with Gasteiger partial charge in [0.25, 0.3) is 0 Å². The van der Waals surface area contributed by atoms with Gasteiger partial charge in [0.1, 0.15) is 5.82 Å². The summed E-state index contributed by atoms with van der Waals surface area (Å²) < 4.78 is 13.9. The number of nitrogens with one attached hydrogen (secondary N) is 1. The van der Waals surface area contributed by atoms with E-state index in [9.17, 15) is 9.50 Å². The van der Waals surface area contributed by atoms with Crippen LogP contribution in [0.4, 0.5) is 10.1 Å². The third-order valence-electron chi connectivity index (χ3n) is 3.77. The molecule has 1 rings (SSSR count). The molecule has 0 heterocycles. The number of nitrogens with zero attached hydrogens (tertiary/aromatic N) is 1. The van der Waals surface area contributed by atoms with Crippen LogP contribution < -0.4 is 10.2 Å². The Morgan fingerprint density at radius 2 is 2.00 bits per heavy atom. The number of aryl methyl sites for hydroxylation is 1. The summed E-state index contributed by atoms with van der Waals surface area (Å²) in [7, 11) is 1.99. The maximum absolute atomic E-state index is 13.9. The predicted molar refractivity (Wildman–Crippen MR) is 87.4 cm³/mol. The summed E-state index contributed by atoms with van der Waals surface area (Å²) in [6.45, 7) is 9.41. The number of aliphatic hydroxyl groups is 1. The second-order valence-electron chi connectivity index (χ2n) is 5.90. The van der Waals surface area contributed by atoms with Gasteiger partial charge in [-0.25, -0.2) is 4.39 Å². The highest BCUT2D eigenvalue weighted by molar-refractivity contribution is 5.56. The van der Waals surface area contributed by atoms with Crippen molar-refractivity contribution in [1.82, 2.24) is 5.32 Å². The van der Waals surface area contributed by atoms with Crippen molar-refractivity contribution in [3.8, 4) is 0 Å². The van der Waals surface area contributed by atoms with Crippen LogP contribution in [0, 0.1) is 12.7 Å². The molecule has 21 heavy (non-hydrogen) atoms. The molecule has 0 fully saturated rings. The van der Waals surface area contributed by atoms with E-state index >= 15 is 0 Å². The lowest BCUT2D eigenvalue weighted by Gasteiger charge is -2.27. The van der Waals surface area contributed by atoms with E-state index in [1.807, 2.05) is 13.1 Å². The van der Waals surface area contributed by atoms with E-state index in [4.69, 9.17) is 0 Å². The van der Waals surface area contributed by atoms with Crippen molar-refractivity contribution in [3.05, 3.63) is 29.1 Å². The SMILES string of the molecule is CCCNC(C)c1cc(F)c(C)cc1N(C)CCC(C)O. The van der Waals surface area contributed by atoms with Gasteiger partial charge in [-0.15, -0.1) is 0 Å². The van der Waals surface area contributed by atoms with Gasteiger partial charge in [0, 0.05) is 25.3 Å². The molecule has 0 radical (unpaired) electrons. The summed E-state index contributed by atoms with van der Waals surface area (Å²) >= 11 is 0. The minimum absolute atomic E-state index is 0.101. The van der Waals surface area contributed by atoms with Gasteiger partial charge >= 0.3 is 0 Å². The molecule has 0 aliphatic rings. The fourth-order valence-corrected chi connectivity index (χ4v) is 2.33. The Morgan fingerprint density at radius 1 is 1.33 bits per heavy atom. The van der Waals surface area contributed by atoms with E-state index in [1.54, 1.807) is 19.9 Å². The Kier molecular flexibility index (Phi) is 7.12. The number of anilines is 1. The van der Waals surface area contributed by atoms with Crippen molar-refractivity contribution >= 4 is 5.69 Å². The van der Waals surface area contributed by atoms with Crippen LogP contribution in [0.5, 0.6) is 0 Å². The van der Waals surface area contributed by atoms with E-state index < -0.39 is 0 Å². The first-order valence-corrected chi connectivity index (χ1v) is 7.79. The first kappa shape index (κ1) is 17.9. The van der Waals surface area contributed by atoms with E-state index in [2.05, 4.69) is 24.1 Å². The van der Waals surface area contributed by atoms with Crippen LogP contribution in [0.1, 0.15) is 50.8 Å². The van der Waals surface area contributed by atoms with Crippen LogP contribution in [0.25, 0.3) is 0 Å². The molecule has 0 aromatic heterocycles. The quantitative estimate of drug-likeness (QED) is 0.772. The largest absolute Gasteiger partial charge is 0.393 e. The summed E-state index contributed by atoms with van der Waals surface area (Å²) in [4.78, 5) is 2.10. The van der Waals surface area contributed by atoms with Crippen molar-refractivity contribution < 1.29 is 9.50 Å². The van der Waals surface area contributed by atoms with Gasteiger partial charge in [0.05, 0.1) is 6.10 Å². The standard InChI is InChI=1S/C17H29FN2O/c1-6-8-19-14(4)15-11-16(18)12(2)10-17(15)20(5)9-7-13(3)21/h10-11,13-14,19,21H,6-9H2,1-5H3. The van der Waals surface area contributed by atoms with Crippen LogP contribution >= 0.6 is 0 Å². The highest BCUT2D eigenvalue weighted by atomic mass is 19.1. The van der Waals surface area contributed by atoms with E-state index in [0.717, 1.165) is 30.8 Å². The third-order valence-corrected chi connectivity index (χ3v) is 3.77. The van der Waals surface area contributed by atoms with Gasteiger partial charge < -0.3 is 15.3 Å². The zero-order chi connectivity index (χ0) is 16.0. The lowest BCUT2D eigenvalue weighted by molar-refractivity contribution is 0.187. The van der Waals surface area contributed by atoms with Crippen molar-refractivity contribution in [2.75, 3.05) is 25.0 Å². The lowest BCUT2D eigenvalue weighted by Crippen LogP contribution is -2.26. The first-order chi connectivity index (χ1) is 9.86. The fourth-order valence-electron chi connectivity index (χ4n) is 2.33. The van der Waals surface area contributed by atoms with Crippen LogP contribution in [0.2, 0.25) is 0 Å². The van der Waals surface area contributed by atoms with Crippen molar-refractivity contribution in [2.24, 2.45) is 0 Å². The van der Waals surface area contributed by atoms with Crippen LogP contribution in [0.3, 0.4) is 0 Å². The van der Waals surface area contributed by atoms with Crippen LogP contribution in [-0.2, 0) is 0 Å². The van der Waals surface area contributed by atoms with Crippen molar-refractivity contribution in [1.29, 1.82) is 0 Å². The summed E-state index contributed by atoms with van der Waals surface area (Å²) in [5, 5.41) is 12.9. The highest BCUT2D eigenvalue weighted by Gasteiger charge is 2.16. The number of hydrogen-bond acceptors (Lipinski definition) is 3. The van der Waals surface area contributed by atoms with E-state index in [-0.39, 0.29) is 18.0 Å². The topological polar surface area (TPSA) is 35.5 Å². The summed E-state index contributed by atoms with van der Waals surface area (Å²) in [6, 6.07) is 3.64. The smallest absolute Gasteiger partial charge is 0.126 e. The normalized spacial score (nSPS) is 14.0. The van der Waals surface area contributed by atoms with Gasteiger partial charge in [-0.1, -0.05) is 6.92 Å². The van der Waals surface area contributed by atoms with Gasteiger partial charge in [-0.05, 0) is 63.4 Å². The molecule has 0 bridgehead atoms. The summed E-state index contributed by atoms with van der Waals surface area (Å²) in [6.07, 6.45) is 1.42. The molecule has 2 atom stereocenters. The van der Waals surface area contributed by atoms with Crippen molar-refractivity contribution in [3.63, 3.8) is 0 Å². The van der Waals surface area contributed by atoms with E-state index in [1.165, 1.54) is 0 Å². The van der Waals surface area contributed by atoms with Crippen molar-refractivity contribution in [2.45, 2.75) is 52.7 Å². The summed E-state index contributed by atoms with van der Waals surface area (Å²) in [5.41, 5.74) is 2.66. The average Bonchev–Trinajstić information content (AvgIpc) is 2.44. The van der Waals surface area contributed by atoms with Crippen LogP contribution in [0.15, 0.2) is 12.1 Å². The minimum Gasteiger partial charge on any atom is -0.393 e. The molecule has 0 aliphatic carbocycles. The average molecular weight is 296 g/mol. The Balaban J connectivity index is 3.01. The molecule has 0 spiro atoms. The summed E-state index contributed by atoms with van der Waals surface area (Å²) in [5.74, 6) is -0.164. The van der Waals surface area contributed by atoms with E-state index in [0.29, 0.717) is 12.0 Å². The number of hydrogen-bond donors (Lipinski definition) is 2. The molecule has 0 saturated carbocycles. The Hall–Kier alpha value is -1.13. The second-order valence-corrected chi connectivity index (χ2v) is 5.90. The fraction of sp³-hybridized carbons (Fsp3) is 0.647. The minimum atomic E-state index is -0.326. The molecule has 0 aliphatic heterocycles. The number of benzene rings is 1. The van der Waals surface area contributed by atoms with Gasteiger partial charge in [0.15, 0.2) is 0 Å². The number of rotatable bonds is 8. The Labute approximate surface area is 128 Å². The molecular formula is C17H29FN2O. The molecule has 4 heteroatoms. The molecule has 2 unspecified atom stereocenters. The second kappa shape index (κ2) is 8.35. The molecule has 120 valence electrons. The number of aliphatic hydroxyl groups excluding tert-OH is 1. The maximum Gasteiger partial charge on any atom is 0.126 e. The third kappa shape index (κ3) is 5.29. The first-order valence-electron chi connectivity index (χ1n) is 7.79. The van der Waals surface area contributed by atoms with Crippen LogP contribution in [-0.4, -0.2) is 31.3 Å². The zero-order valence-electron chi connectivity index (χ0n) is 13.9. The molecule has 0 amide bonds. The lowest BCUT2D eigenvalue weighted by atomic mass is 10.0. The Morgan fingerprint density at radius 3 is 2.57 bits per heavy atom. The highest BCUT2D eigenvalue weighted by Crippen LogP contribution is 2.29. The predicted octanol–water partition coefficient (Wildman–Crippen LogP) is 3.40.